The molecule has 1 N–H and O–H groups in total. The molecular weight excluding hydrogens is 262 g/mol. The first-order chi connectivity index (χ1) is 9.13. The van der Waals surface area contributed by atoms with Crippen LogP contribution in [0.25, 0.3) is 0 Å². The van der Waals surface area contributed by atoms with Gasteiger partial charge in [0.25, 0.3) is 0 Å². The van der Waals surface area contributed by atoms with E-state index in [1.807, 2.05) is 41.6 Å². The number of likely N-dealkylation sites (N-methyl/N-ethyl adjacent to an activating group) is 1. The lowest BCUT2D eigenvalue weighted by molar-refractivity contribution is -0.143. The molecule has 102 valence electrons. The molecule has 2 aromatic rings. The van der Waals surface area contributed by atoms with Gasteiger partial charge in [0.1, 0.15) is 11.9 Å². The molecule has 0 radical (unpaired) electrons. The zero-order valence-electron chi connectivity index (χ0n) is 11.0. The number of hydrogen-bond acceptors (Lipinski definition) is 4. The van der Waals surface area contributed by atoms with Crippen LogP contribution >= 0.6 is 11.3 Å². The molecule has 0 saturated carbocycles. The minimum atomic E-state index is -0.837. The largest absolute Gasteiger partial charge is 0.480 e. The van der Waals surface area contributed by atoms with Crippen molar-refractivity contribution in [3.05, 3.63) is 40.6 Å². The van der Waals surface area contributed by atoms with Crippen molar-refractivity contribution in [2.45, 2.75) is 26.1 Å². The third kappa shape index (κ3) is 3.02. The monoisotopic (exact) mass is 279 g/mol. The van der Waals surface area contributed by atoms with Gasteiger partial charge in [-0.3, -0.25) is 9.69 Å². The Hall–Kier alpha value is -1.66. The minimum absolute atomic E-state index is 0.508. The molecule has 0 fully saturated rings. The maximum Gasteiger partial charge on any atom is 0.325 e. The van der Waals surface area contributed by atoms with Gasteiger partial charge in [-0.1, -0.05) is 0 Å². The van der Waals surface area contributed by atoms with Gasteiger partial charge in [-0.2, -0.15) is 11.3 Å². The molecule has 2 aromatic heterocycles. The van der Waals surface area contributed by atoms with Crippen LogP contribution in [-0.4, -0.2) is 32.6 Å². The molecule has 0 aromatic carbocycles. The topological polar surface area (TPSA) is 58.4 Å². The van der Waals surface area contributed by atoms with E-state index in [1.54, 1.807) is 11.1 Å². The lowest BCUT2D eigenvalue weighted by Crippen LogP contribution is -2.31. The van der Waals surface area contributed by atoms with Crippen LogP contribution in [0.3, 0.4) is 0 Å². The number of imidazole rings is 1. The van der Waals surface area contributed by atoms with E-state index in [-0.39, 0.29) is 0 Å². The van der Waals surface area contributed by atoms with Gasteiger partial charge in [0.05, 0.1) is 6.54 Å². The van der Waals surface area contributed by atoms with E-state index >= 15 is 0 Å². The second-order valence-electron chi connectivity index (χ2n) is 4.34. The van der Waals surface area contributed by atoms with Crippen molar-refractivity contribution < 1.29 is 9.90 Å². The smallest absolute Gasteiger partial charge is 0.325 e. The second kappa shape index (κ2) is 5.99. The summed E-state index contributed by atoms with van der Waals surface area (Å²) in [5.41, 5.74) is 0.814. The Morgan fingerprint density at radius 3 is 3.00 bits per heavy atom. The highest BCUT2D eigenvalue weighted by molar-refractivity contribution is 7.08. The first-order valence-corrected chi connectivity index (χ1v) is 7.03. The second-order valence-corrected chi connectivity index (χ2v) is 5.12. The lowest BCUT2D eigenvalue weighted by Gasteiger charge is -2.23. The minimum Gasteiger partial charge on any atom is -0.480 e. The Morgan fingerprint density at radius 2 is 2.42 bits per heavy atom. The first kappa shape index (κ1) is 13.8. The number of aromatic nitrogens is 2. The molecule has 5 nitrogen and oxygen atoms in total. The van der Waals surface area contributed by atoms with E-state index in [4.69, 9.17) is 0 Å². The summed E-state index contributed by atoms with van der Waals surface area (Å²) in [6.45, 7) is 3.38. The average molecular weight is 279 g/mol. The summed E-state index contributed by atoms with van der Waals surface area (Å²) in [5, 5.41) is 13.2. The first-order valence-electron chi connectivity index (χ1n) is 6.08. The summed E-state index contributed by atoms with van der Waals surface area (Å²) >= 11 is 1.51. The summed E-state index contributed by atoms with van der Waals surface area (Å²) in [6.07, 6.45) is 3.65. The predicted octanol–water partition coefficient (Wildman–Crippen LogP) is 2.22. The van der Waals surface area contributed by atoms with Crippen LogP contribution in [-0.2, 0) is 17.9 Å². The van der Waals surface area contributed by atoms with E-state index in [0.29, 0.717) is 6.54 Å². The number of carboxylic acid groups (broad SMARTS) is 1. The number of carbonyl (C=O) groups is 1. The number of aryl methyl sites for hydroxylation is 1. The normalized spacial score (nSPS) is 12.8. The van der Waals surface area contributed by atoms with Crippen molar-refractivity contribution in [3.63, 3.8) is 0 Å². The van der Waals surface area contributed by atoms with Crippen LogP contribution in [0.1, 0.15) is 24.4 Å². The van der Waals surface area contributed by atoms with Crippen LogP contribution < -0.4 is 0 Å². The Morgan fingerprint density at radius 1 is 1.63 bits per heavy atom. The van der Waals surface area contributed by atoms with Gasteiger partial charge in [-0.25, -0.2) is 4.98 Å². The SMILES string of the molecule is CCn1ccnc1CN(C)[C@@H](C(=O)O)c1ccsc1. The van der Waals surface area contributed by atoms with E-state index in [9.17, 15) is 9.90 Å². The standard InChI is InChI=1S/C13H17N3O2S/c1-3-16-6-5-14-11(16)8-15(2)12(13(17)18)10-4-7-19-9-10/h4-7,9,12H,3,8H2,1-2H3,(H,17,18)/t12-/m1/s1. The van der Waals surface area contributed by atoms with Crippen molar-refractivity contribution >= 4 is 17.3 Å². The van der Waals surface area contributed by atoms with E-state index in [0.717, 1.165) is 17.9 Å². The van der Waals surface area contributed by atoms with Crippen LogP contribution in [0.15, 0.2) is 29.2 Å². The molecule has 0 unspecified atom stereocenters. The predicted molar refractivity (Wildman–Crippen MR) is 74.1 cm³/mol. The molecule has 0 amide bonds. The summed E-state index contributed by atoms with van der Waals surface area (Å²) in [7, 11) is 1.81. The zero-order valence-corrected chi connectivity index (χ0v) is 11.8. The lowest BCUT2D eigenvalue weighted by atomic mass is 10.1. The Balaban J connectivity index is 2.17. The van der Waals surface area contributed by atoms with Gasteiger partial charge < -0.3 is 9.67 Å². The van der Waals surface area contributed by atoms with E-state index in [1.165, 1.54) is 11.3 Å². The van der Waals surface area contributed by atoms with Gasteiger partial charge in [0.2, 0.25) is 0 Å². The highest BCUT2D eigenvalue weighted by Gasteiger charge is 2.25. The average Bonchev–Trinajstić information content (AvgIpc) is 3.00. The zero-order chi connectivity index (χ0) is 13.8. The van der Waals surface area contributed by atoms with E-state index < -0.39 is 12.0 Å². The summed E-state index contributed by atoms with van der Waals surface area (Å²) in [4.78, 5) is 17.5. The van der Waals surface area contributed by atoms with Gasteiger partial charge in [-0.05, 0) is 36.4 Å². The molecule has 0 aliphatic heterocycles. The third-order valence-electron chi connectivity index (χ3n) is 3.07. The maximum absolute atomic E-state index is 11.5. The molecular formula is C13H17N3O2S. The number of carboxylic acids is 1. The number of thiophene rings is 1. The number of aliphatic carboxylic acids is 1. The van der Waals surface area contributed by atoms with Crippen LogP contribution in [0, 0.1) is 0 Å². The van der Waals surface area contributed by atoms with Crippen molar-refractivity contribution in [3.8, 4) is 0 Å². The van der Waals surface area contributed by atoms with Gasteiger partial charge >= 0.3 is 5.97 Å². The quantitative estimate of drug-likeness (QED) is 0.881. The Labute approximate surface area is 116 Å². The molecule has 0 saturated heterocycles. The van der Waals surface area contributed by atoms with Crippen LogP contribution in [0.5, 0.6) is 0 Å². The highest BCUT2D eigenvalue weighted by atomic mass is 32.1. The Kier molecular flexibility index (Phi) is 4.34. The molecule has 2 rings (SSSR count). The summed E-state index contributed by atoms with van der Waals surface area (Å²) < 4.78 is 2.02. The van der Waals surface area contributed by atoms with Crippen LogP contribution in [0.4, 0.5) is 0 Å². The fourth-order valence-corrected chi connectivity index (χ4v) is 2.79. The fourth-order valence-electron chi connectivity index (χ4n) is 2.11. The molecule has 0 aliphatic rings. The van der Waals surface area contributed by atoms with Gasteiger partial charge in [0.15, 0.2) is 0 Å². The number of nitrogens with zero attached hydrogens (tertiary/aromatic N) is 3. The molecule has 1 atom stereocenters. The summed E-state index contributed by atoms with van der Waals surface area (Å²) in [5.74, 6) is 0.0435. The van der Waals surface area contributed by atoms with Gasteiger partial charge in [0, 0.05) is 18.9 Å². The Bertz CT molecular complexity index is 536. The molecule has 0 spiro atoms. The number of rotatable bonds is 6. The van der Waals surface area contributed by atoms with Crippen molar-refractivity contribution in [2.75, 3.05) is 7.05 Å². The van der Waals surface area contributed by atoms with Crippen molar-refractivity contribution in [1.82, 2.24) is 14.5 Å². The van der Waals surface area contributed by atoms with E-state index in [2.05, 4.69) is 4.98 Å². The van der Waals surface area contributed by atoms with Crippen LogP contribution in [0.2, 0.25) is 0 Å². The molecule has 19 heavy (non-hydrogen) atoms. The fraction of sp³-hybridized carbons (Fsp3) is 0.385. The van der Waals surface area contributed by atoms with Crippen molar-refractivity contribution in [1.29, 1.82) is 0 Å². The molecule has 2 heterocycles. The third-order valence-corrected chi connectivity index (χ3v) is 3.77. The highest BCUT2D eigenvalue weighted by Crippen LogP contribution is 2.23. The molecule has 0 aliphatic carbocycles. The summed E-state index contributed by atoms with van der Waals surface area (Å²) in [6, 6.07) is 1.22. The maximum atomic E-state index is 11.5. The number of hydrogen-bond donors (Lipinski definition) is 1. The van der Waals surface area contributed by atoms with Crippen molar-refractivity contribution in [2.24, 2.45) is 0 Å². The molecule has 6 heteroatoms. The molecule has 0 bridgehead atoms. The van der Waals surface area contributed by atoms with Gasteiger partial charge in [-0.15, -0.1) is 0 Å².